The number of ether oxygens (including phenoxy) is 1. The Morgan fingerprint density at radius 3 is 2.09 bits per heavy atom. The molecule has 33 heavy (non-hydrogen) atoms. The molecule has 0 aromatic heterocycles. The fourth-order valence-electron chi connectivity index (χ4n) is 3.47. The van der Waals surface area contributed by atoms with E-state index in [4.69, 9.17) is 4.74 Å². The minimum atomic E-state index is -1.28. The zero-order chi connectivity index (χ0) is 23.4. The van der Waals surface area contributed by atoms with Gasteiger partial charge in [0, 0.05) is 11.1 Å². The number of carbonyl (C=O) groups excluding carboxylic acids is 4. The lowest BCUT2D eigenvalue weighted by Gasteiger charge is -2.22. The highest BCUT2D eigenvalue weighted by atomic mass is 16.5. The number of ketones is 1. The molecule has 1 aliphatic heterocycles. The summed E-state index contributed by atoms with van der Waals surface area (Å²) in [6.07, 6.45) is 0. The molecule has 0 bridgehead atoms. The molecule has 1 heterocycles. The minimum absolute atomic E-state index is 0.125. The Balaban J connectivity index is 1.34. The van der Waals surface area contributed by atoms with Gasteiger partial charge in [-0.1, -0.05) is 60.7 Å². The number of benzene rings is 3. The van der Waals surface area contributed by atoms with Crippen molar-refractivity contribution in [2.24, 2.45) is 0 Å². The molecule has 0 radical (unpaired) electrons. The van der Waals surface area contributed by atoms with Crippen LogP contribution in [0.2, 0.25) is 0 Å². The summed E-state index contributed by atoms with van der Waals surface area (Å²) in [5.74, 6) is -1.04. The molecule has 2 N–H and O–H groups in total. The van der Waals surface area contributed by atoms with Crippen LogP contribution >= 0.6 is 0 Å². The average molecular weight is 443 g/mol. The molecular formula is C25H21N3O5. The maximum atomic E-state index is 12.8. The summed E-state index contributed by atoms with van der Waals surface area (Å²) in [5, 5.41) is 3.26. The van der Waals surface area contributed by atoms with E-state index in [-0.39, 0.29) is 5.78 Å². The van der Waals surface area contributed by atoms with Crippen LogP contribution < -0.4 is 15.5 Å². The van der Waals surface area contributed by atoms with Crippen LogP contribution in [0, 0.1) is 0 Å². The highest BCUT2D eigenvalue weighted by Gasteiger charge is 2.49. The van der Waals surface area contributed by atoms with Crippen molar-refractivity contribution in [3.05, 3.63) is 102 Å². The van der Waals surface area contributed by atoms with Crippen molar-refractivity contribution in [3.63, 3.8) is 0 Å². The molecular weight excluding hydrogens is 422 g/mol. The third-order valence-electron chi connectivity index (χ3n) is 5.30. The van der Waals surface area contributed by atoms with Crippen molar-refractivity contribution in [2.75, 3.05) is 6.61 Å². The molecule has 0 saturated carbocycles. The maximum absolute atomic E-state index is 12.8. The standard InChI is InChI=1S/C25H21N3O5/c1-25(19-10-6-3-7-11-19)23(31)28(24(32)26-25)27-21(29)16-33-20-14-12-18(13-15-20)22(30)17-8-4-2-5-9-17/h2-15H,16H2,1H3,(H,26,32)(H,27,29). The molecule has 1 aliphatic rings. The van der Waals surface area contributed by atoms with E-state index in [1.165, 1.54) is 0 Å². The Morgan fingerprint density at radius 2 is 1.45 bits per heavy atom. The van der Waals surface area contributed by atoms with Gasteiger partial charge in [-0.05, 0) is 36.8 Å². The van der Waals surface area contributed by atoms with Crippen molar-refractivity contribution in [2.45, 2.75) is 12.5 Å². The fourth-order valence-corrected chi connectivity index (χ4v) is 3.47. The summed E-state index contributed by atoms with van der Waals surface area (Å²) in [7, 11) is 0. The summed E-state index contributed by atoms with van der Waals surface area (Å²) < 4.78 is 5.43. The van der Waals surface area contributed by atoms with Gasteiger partial charge < -0.3 is 10.1 Å². The molecule has 8 heteroatoms. The molecule has 1 fully saturated rings. The first-order chi connectivity index (χ1) is 15.9. The van der Waals surface area contributed by atoms with E-state index in [2.05, 4.69) is 10.7 Å². The van der Waals surface area contributed by atoms with Crippen molar-refractivity contribution in [1.29, 1.82) is 0 Å². The summed E-state index contributed by atoms with van der Waals surface area (Å²) >= 11 is 0. The van der Waals surface area contributed by atoms with Crippen molar-refractivity contribution in [3.8, 4) is 5.75 Å². The van der Waals surface area contributed by atoms with Crippen LogP contribution in [-0.2, 0) is 15.1 Å². The summed E-state index contributed by atoms with van der Waals surface area (Å²) in [4.78, 5) is 49.9. The number of hydrogen-bond donors (Lipinski definition) is 2. The quantitative estimate of drug-likeness (QED) is 0.432. The number of hydrazine groups is 1. The first-order valence-corrected chi connectivity index (χ1v) is 10.2. The van der Waals surface area contributed by atoms with E-state index in [9.17, 15) is 19.2 Å². The van der Waals surface area contributed by atoms with E-state index in [1.807, 2.05) is 6.07 Å². The molecule has 1 atom stereocenters. The van der Waals surface area contributed by atoms with Crippen LogP contribution in [0.15, 0.2) is 84.9 Å². The Morgan fingerprint density at radius 1 is 0.879 bits per heavy atom. The number of urea groups is 1. The van der Waals surface area contributed by atoms with Gasteiger partial charge in [-0.15, -0.1) is 0 Å². The third-order valence-corrected chi connectivity index (χ3v) is 5.30. The Kier molecular flexibility index (Phi) is 5.91. The largest absolute Gasteiger partial charge is 0.484 e. The van der Waals surface area contributed by atoms with Crippen LogP contribution in [0.1, 0.15) is 28.4 Å². The van der Waals surface area contributed by atoms with Gasteiger partial charge in [0.1, 0.15) is 11.3 Å². The summed E-state index contributed by atoms with van der Waals surface area (Å²) in [5.41, 5.74) is 2.65. The van der Waals surface area contributed by atoms with Crippen LogP contribution in [-0.4, -0.2) is 35.2 Å². The normalized spacial score (nSPS) is 17.4. The van der Waals surface area contributed by atoms with Crippen molar-refractivity contribution in [1.82, 2.24) is 15.8 Å². The van der Waals surface area contributed by atoms with Crippen LogP contribution in [0.25, 0.3) is 0 Å². The summed E-state index contributed by atoms with van der Waals surface area (Å²) in [6, 6.07) is 23.3. The van der Waals surface area contributed by atoms with Gasteiger partial charge in [0.15, 0.2) is 12.4 Å². The summed E-state index contributed by atoms with van der Waals surface area (Å²) in [6.45, 7) is 1.15. The Labute approximate surface area is 190 Å². The Hall–Kier alpha value is -4.46. The second-order valence-corrected chi connectivity index (χ2v) is 7.60. The second kappa shape index (κ2) is 8.96. The zero-order valence-corrected chi connectivity index (χ0v) is 17.8. The van der Waals surface area contributed by atoms with Gasteiger partial charge in [0.2, 0.25) is 0 Å². The number of imide groups is 1. The van der Waals surface area contributed by atoms with Gasteiger partial charge in [-0.2, -0.15) is 5.01 Å². The molecule has 4 rings (SSSR count). The zero-order valence-electron chi connectivity index (χ0n) is 17.8. The molecule has 3 aromatic rings. The van der Waals surface area contributed by atoms with Crippen molar-refractivity contribution < 1.29 is 23.9 Å². The predicted octanol–water partition coefficient (Wildman–Crippen LogP) is 2.79. The lowest BCUT2D eigenvalue weighted by Crippen LogP contribution is -2.49. The molecule has 3 aromatic carbocycles. The van der Waals surface area contributed by atoms with Crippen LogP contribution in [0.3, 0.4) is 0 Å². The number of rotatable bonds is 7. The van der Waals surface area contributed by atoms with Gasteiger partial charge in [-0.25, -0.2) is 4.79 Å². The first-order valence-electron chi connectivity index (χ1n) is 10.2. The molecule has 4 amide bonds. The molecule has 0 spiro atoms. The number of nitrogens with one attached hydrogen (secondary N) is 2. The molecule has 8 nitrogen and oxygen atoms in total. The van der Waals surface area contributed by atoms with Crippen molar-refractivity contribution >= 4 is 23.6 Å². The molecule has 1 saturated heterocycles. The number of nitrogens with zero attached hydrogens (tertiary/aromatic N) is 1. The van der Waals surface area contributed by atoms with Gasteiger partial charge in [0.05, 0.1) is 0 Å². The SMILES string of the molecule is CC1(c2ccccc2)NC(=O)N(NC(=O)COc2ccc(C(=O)c3ccccc3)cc2)C1=O. The lowest BCUT2D eigenvalue weighted by atomic mass is 9.92. The first kappa shape index (κ1) is 21.8. The monoisotopic (exact) mass is 443 g/mol. The van der Waals surface area contributed by atoms with Crippen LogP contribution in [0.5, 0.6) is 5.75 Å². The molecule has 166 valence electrons. The lowest BCUT2D eigenvalue weighted by molar-refractivity contribution is -0.139. The van der Waals surface area contributed by atoms with E-state index in [0.717, 1.165) is 0 Å². The predicted molar refractivity (Wildman–Crippen MR) is 119 cm³/mol. The van der Waals surface area contributed by atoms with E-state index in [0.29, 0.717) is 27.4 Å². The molecule has 0 aliphatic carbocycles. The minimum Gasteiger partial charge on any atom is -0.484 e. The number of hydrogen-bond acceptors (Lipinski definition) is 5. The van der Waals surface area contributed by atoms with Gasteiger partial charge >= 0.3 is 6.03 Å². The van der Waals surface area contributed by atoms with Gasteiger partial charge in [-0.3, -0.25) is 19.8 Å². The highest BCUT2D eigenvalue weighted by molar-refractivity contribution is 6.09. The average Bonchev–Trinajstić information content (AvgIpc) is 3.07. The van der Waals surface area contributed by atoms with Gasteiger partial charge in [0.25, 0.3) is 11.8 Å². The third kappa shape index (κ3) is 4.45. The second-order valence-electron chi connectivity index (χ2n) is 7.60. The van der Waals surface area contributed by atoms with E-state index >= 15 is 0 Å². The topological polar surface area (TPSA) is 105 Å². The van der Waals surface area contributed by atoms with Crippen LogP contribution in [0.4, 0.5) is 4.79 Å². The Bertz CT molecular complexity index is 1200. The number of amides is 4. The number of carbonyl (C=O) groups is 4. The smallest absolute Gasteiger partial charge is 0.344 e. The van der Waals surface area contributed by atoms with E-state index < -0.39 is 30.0 Å². The molecule has 1 unspecified atom stereocenters. The highest BCUT2D eigenvalue weighted by Crippen LogP contribution is 2.27. The fraction of sp³-hybridized carbons (Fsp3) is 0.120. The van der Waals surface area contributed by atoms with E-state index in [1.54, 1.807) is 85.8 Å². The maximum Gasteiger partial charge on any atom is 0.344 e.